The van der Waals surface area contributed by atoms with E-state index in [1.165, 1.54) is 5.56 Å². The van der Waals surface area contributed by atoms with Crippen LogP contribution in [0.5, 0.6) is 5.75 Å². The van der Waals surface area contributed by atoms with Crippen LogP contribution in [0.3, 0.4) is 0 Å². The molecule has 0 bridgehead atoms. The molecule has 0 amide bonds. The molecule has 0 aromatic heterocycles. The maximum atomic E-state index is 9.47. The second kappa shape index (κ2) is 7.25. The number of phenols is 1. The van der Waals surface area contributed by atoms with Crippen molar-refractivity contribution in [1.82, 2.24) is 10.2 Å². The van der Waals surface area contributed by atoms with Crippen LogP contribution in [0.4, 0.5) is 0 Å². The van der Waals surface area contributed by atoms with Crippen molar-refractivity contribution in [3.63, 3.8) is 0 Å². The van der Waals surface area contributed by atoms with E-state index in [1.54, 1.807) is 12.1 Å². The second-order valence-electron chi connectivity index (χ2n) is 5.66. The van der Waals surface area contributed by atoms with E-state index in [0.29, 0.717) is 11.8 Å². The van der Waals surface area contributed by atoms with E-state index in [2.05, 4.69) is 55.5 Å². The summed E-state index contributed by atoms with van der Waals surface area (Å²) in [6.45, 7) is 3.10. The van der Waals surface area contributed by atoms with Crippen LogP contribution in [0.1, 0.15) is 24.1 Å². The highest BCUT2D eigenvalue weighted by Gasteiger charge is 2.15. The van der Waals surface area contributed by atoms with E-state index in [1.807, 2.05) is 18.2 Å². The molecular weight excluding hydrogens is 260 g/mol. The highest BCUT2D eigenvalue weighted by molar-refractivity contribution is 5.34. The fraction of sp³-hybridized carbons (Fsp3) is 0.333. The van der Waals surface area contributed by atoms with Crippen LogP contribution < -0.4 is 5.32 Å². The van der Waals surface area contributed by atoms with E-state index in [-0.39, 0.29) is 6.04 Å². The van der Waals surface area contributed by atoms with Gasteiger partial charge in [0, 0.05) is 12.6 Å². The predicted molar refractivity (Wildman–Crippen MR) is 87.5 cm³/mol. The Morgan fingerprint density at radius 1 is 0.952 bits per heavy atom. The van der Waals surface area contributed by atoms with Crippen LogP contribution in [0.25, 0.3) is 0 Å². The molecule has 2 N–H and O–H groups in total. The van der Waals surface area contributed by atoms with Gasteiger partial charge in [-0.25, -0.2) is 0 Å². The van der Waals surface area contributed by atoms with Gasteiger partial charge in [0.15, 0.2) is 0 Å². The molecule has 2 aromatic rings. The molecule has 3 heteroatoms. The molecule has 2 unspecified atom stereocenters. The zero-order valence-electron chi connectivity index (χ0n) is 13.0. The molecule has 0 saturated carbocycles. The Kier molecular flexibility index (Phi) is 5.37. The van der Waals surface area contributed by atoms with Crippen LogP contribution in [0, 0.1) is 0 Å². The van der Waals surface area contributed by atoms with Gasteiger partial charge in [-0.2, -0.15) is 0 Å². The monoisotopic (exact) mass is 284 g/mol. The van der Waals surface area contributed by atoms with Crippen molar-refractivity contribution >= 4 is 0 Å². The maximum Gasteiger partial charge on any atom is 0.115 e. The molecule has 2 rings (SSSR count). The first-order valence-electron chi connectivity index (χ1n) is 7.31. The molecule has 0 heterocycles. The summed E-state index contributed by atoms with van der Waals surface area (Å²) in [6, 6.07) is 18.4. The number of phenolic OH excluding ortho intramolecular Hbond substituents is 1. The van der Waals surface area contributed by atoms with Gasteiger partial charge in [0.05, 0.1) is 6.04 Å². The van der Waals surface area contributed by atoms with Crippen molar-refractivity contribution in [3.05, 3.63) is 65.7 Å². The topological polar surface area (TPSA) is 35.5 Å². The summed E-state index contributed by atoms with van der Waals surface area (Å²) in [7, 11) is 4.18. The van der Waals surface area contributed by atoms with Crippen molar-refractivity contribution < 1.29 is 5.11 Å². The molecule has 0 radical (unpaired) electrons. The molecule has 2 aromatic carbocycles. The number of aromatic hydroxyl groups is 1. The molecule has 0 aliphatic heterocycles. The first-order chi connectivity index (χ1) is 10.1. The molecule has 0 aliphatic carbocycles. The standard InChI is InChI=1S/C18H24N2O/c1-14(20(2)3)13-19-18(15-7-5-4-6-8-15)16-9-11-17(21)12-10-16/h4-12,14,18-19,21H,13H2,1-3H3. The van der Waals surface area contributed by atoms with E-state index < -0.39 is 0 Å². The summed E-state index contributed by atoms with van der Waals surface area (Å²) in [4.78, 5) is 2.20. The van der Waals surface area contributed by atoms with Crippen molar-refractivity contribution in [2.75, 3.05) is 20.6 Å². The Morgan fingerprint density at radius 2 is 1.52 bits per heavy atom. The molecule has 21 heavy (non-hydrogen) atoms. The highest BCUT2D eigenvalue weighted by atomic mass is 16.3. The number of nitrogens with zero attached hydrogens (tertiary/aromatic N) is 1. The molecule has 2 atom stereocenters. The van der Waals surface area contributed by atoms with Crippen LogP contribution in [0.15, 0.2) is 54.6 Å². The number of likely N-dealkylation sites (N-methyl/N-ethyl adjacent to an activating group) is 1. The minimum Gasteiger partial charge on any atom is -0.508 e. The zero-order valence-corrected chi connectivity index (χ0v) is 13.0. The molecule has 112 valence electrons. The first kappa shape index (κ1) is 15.5. The van der Waals surface area contributed by atoms with E-state index in [9.17, 15) is 5.11 Å². The minimum atomic E-state index is 0.134. The van der Waals surface area contributed by atoms with Gasteiger partial charge in [-0.05, 0) is 44.3 Å². The van der Waals surface area contributed by atoms with Gasteiger partial charge in [0.2, 0.25) is 0 Å². The average Bonchev–Trinajstić information content (AvgIpc) is 2.50. The Bertz CT molecular complexity index is 537. The first-order valence-corrected chi connectivity index (χ1v) is 7.31. The number of hydrogen-bond donors (Lipinski definition) is 2. The van der Waals surface area contributed by atoms with E-state index >= 15 is 0 Å². The predicted octanol–water partition coefficient (Wildman–Crippen LogP) is 3.02. The summed E-state index contributed by atoms with van der Waals surface area (Å²) in [5.41, 5.74) is 2.39. The lowest BCUT2D eigenvalue weighted by molar-refractivity contribution is 0.298. The molecule has 0 spiro atoms. The fourth-order valence-corrected chi connectivity index (χ4v) is 2.21. The SMILES string of the molecule is CC(CNC(c1ccccc1)c1ccc(O)cc1)N(C)C. The number of benzene rings is 2. The summed E-state index contributed by atoms with van der Waals surface area (Å²) >= 11 is 0. The van der Waals surface area contributed by atoms with Gasteiger partial charge in [0.25, 0.3) is 0 Å². The Labute approximate surface area is 127 Å². The van der Waals surface area contributed by atoms with Crippen molar-refractivity contribution in [2.45, 2.75) is 19.0 Å². The number of nitrogens with one attached hydrogen (secondary N) is 1. The third-order valence-corrected chi connectivity index (χ3v) is 3.86. The summed E-state index contributed by atoms with van der Waals surface area (Å²) in [5.74, 6) is 0.298. The van der Waals surface area contributed by atoms with Gasteiger partial charge >= 0.3 is 0 Å². The van der Waals surface area contributed by atoms with Crippen LogP contribution in [0.2, 0.25) is 0 Å². The van der Waals surface area contributed by atoms with Crippen molar-refractivity contribution in [3.8, 4) is 5.75 Å². The number of rotatable bonds is 6. The largest absolute Gasteiger partial charge is 0.508 e. The Hall–Kier alpha value is -1.84. The number of hydrogen-bond acceptors (Lipinski definition) is 3. The maximum absolute atomic E-state index is 9.47. The van der Waals surface area contributed by atoms with Crippen LogP contribution >= 0.6 is 0 Å². The van der Waals surface area contributed by atoms with Gasteiger partial charge < -0.3 is 15.3 Å². The quantitative estimate of drug-likeness (QED) is 0.856. The van der Waals surface area contributed by atoms with E-state index in [4.69, 9.17) is 0 Å². The Balaban J connectivity index is 2.20. The lowest BCUT2D eigenvalue weighted by Crippen LogP contribution is -2.37. The lowest BCUT2D eigenvalue weighted by atomic mass is 9.98. The van der Waals surface area contributed by atoms with Gasteiger partial charge in [-0.15, -0.1) is 0 Å². The molecule has 0 aliphatic rings. The third kappa shape index (κ3) is 4.31. The smallest absolute Gasteiger partial charge is 0.115 e. The zero-order chi connectivity index (χ0) is 15.2. The van der Waals surface area contributed by atoms with Gasteiger partial charge in [-0.1, -0.05) is 42.5 Å². The van der Waals surface area contributed by atoms with Crippen molar-refractivity contribution in [1.29, 1.82) is 0 Å². The summed E-state index contributed by atoms with van der Waals surface area (Å²) in [6.07, 6.45) is 0. The minimum absolute atomic E-state index is 0.134. The van der Waals surface area contributed by atoms with E-state index in [0.717, 1.165) is 12.1 Å². The average molecular weight is 284 g/mol. The normalized spacial score (nSPS) is 14.1. The lowest BCUT2D eigenvalue weighted by Gasteiger charge is -2.25. The highest BCUT2D eigenvalue weighted by Crippen LogP contribution is 2.23. The Morgan fingerprint density at radius 3 is 2.10 bits per heavy atom. The summed E-state index contributed by atoms with van der Waals surface area (Å²) in [5, 5.41) is 13.1. The molecule has 3 nitrogen and oxygen atoms in total. The second-order valence-corrected chi connectivity index (χ2v) is 5.66. The molecule has 0 saturated heterocycles. The summed E-state index contributed by atoms with van der Waals surface area (Å²) < 4.78 is 0. The van der Waals surface area contributed by atoms with Crippen LogP contribution in [-0.4, -0.2) is 36.7 Å². The third-order valence-electron chi connectivity index (χ3n) is 3.86. The molecule has 0 fully saturated rings. The van der Waals surface area contributed by atoms with Gasteiger partial charge in [-0.3, -0.25) is 0 Å². The molecular formula is C18H24N2O. The van der Waals surface area contributed by atoms with Crippen molar-refractivity contribution in [2.24, 2.45) is 0 Å². The van der Waals surface area contributed by atoms with Gasteiger partial charge in [0.1, 0.15) is 5.75 Å². The van der Waals surface area contributed by atoms with Crippen LogP contribution in [-0.2, 0) is 0 Å². The fourth-order valence-electron chi connectivity index (χ4n) is 2.21.